The molecule has 0 unspecified atom stereocenters. The zero-order valence-electron chi connectivity index (χ0n) is 6.20. The maximum atomic E-state index is 12.5. The smallest absolute Gasteiger partial charge is 0.123 e. The fourth-order valence-corrected chi connectivity index (χ4v) is 0.775. The third kappa shape index (κ3) is 2.50. The van der Waals surface area contributed by atoms with Crippen molar-refractivity contribution in [2.24, 2.45) is 5.73 Å². The highest BCUT2D eigenvalue weighted by Crippen LogP contribution is 2.09. The van der Waals surface area contributed by atoms with E-state index in [0.29, 0.717) is 5.56 Å². The van der Waals surface area contributed by atoms with Crippen molar-refractivity contribution in [1.29, 1.82) is 5.26 Å². The van der Waals surface area contributed by atoms with Crippen molar-refractivity contribution in [3.8, 4) is 6.07 Å². The van der Waals surface area contributed by atoms with Crippen molar-refractivity contribution in [2.75, 3.05) is 0 Å². The summed E-state index contributed by atoms with van der Waals surface area (Å²) in [5.74, 6) is -0.367. The molecule has 0 radical (unpaired) electrons. The number of nitriles is 1. The Hall–Kier alpha value is -1.11. The average Bonchev–Trinajstić information content (AvgIpc) is 2.03. The highest BCUT2D eigenvalue weighted by Gasteiger charge is 2.03. The summed E-state index contributed by atoms with van der Waals surface area (Å²) in [5.41, 5.74) is 5.84. The van der Waals surface area contributed by atoms with E-state index in [1.165, 1.54) is 18.2 Å². The second-order valence-electron chi connectivity index (χ2n) is 2.16. The summed E-state index contributed by atoms with van der Waals surface area (Å²) in [7, 11) is 0. The molecular weight excluding hydrogens is 179 g/mol. The zero-order valence-corrected chi connectivity index (χ0v) is 7.01. The lowest BCUT2D eigenvalue weighted by molar-refractivity contribution is 0.624. The van der Waals surface area contributed by atoms with Crippen LogP contribution in [-0.4, -0.2) is 0 Å². The first-order valence-electron chi connectivity index (χ1n) is 3.14. The quantitative estimate of drug-likeness (QED) is 0.727. The molecule has 0 aliphatic heterocycles. The molecule has 1 aromatic rings. The van der Waals surface area contributed by atoms with E-state index in [1.54, 1.807) is 6.07 Å². The molecule has 64 valence electrons. The Morgan fingerprint density at radius 3 is 2.67 bits per heavy atom. The molecule has 0 bridgehead atoms. The Kier molecular flexibility index (Phi) is 4.27. The SMILES string of the molecule is Cl.N#C[C@H](N)c1cccc(F)c1. The number of nitrogens with zero attached hydrogens (tertiary/aromatic N) is 1. The molecule has 0 aromatic heterocycles. The van der Waals surface area contributed by atoms with Gasteiger partial charge in [0.1, 0.15) is 11.9 Å². The fraction of sp³-hybridized carbons (Fsp3) is 0.125. The highest BCUT2D eigenvalue weighted by molar-refractivity contribution is 5.85. The summed E-state index contributed by atoms with van der Waals surface area (Å²) in [6.45, 7) is 0. The van der Waals surface area contributed by atoms with Gasteiger partial charge in [0, 0.05) is 0 Å². The van der Waals surface area contributed by atoms with Crippen LogP contribution in [0.15, 0.2) is 24.3 Å². The lowest BCUT2D eigenvalue weighted by atomic mass is 10.1. The van der Waals surface area contributed by atoms with E-state index < -0.39 is 6.04 Å². The number of benzene rings is 1. The van der Waals surface area contributed by atoms with E-state index in [4.69, 9.17) is 11.0 Å². The molecule has 0 spiro atoms. The van der Waals surface area contributed by atoms with Gasteiger partial charge in [-0.15, -0.1) is 12.4 Å². The number of nitrogens with two attached hydrogens (primary N) is 1. The van der Waals surface area contributed by atoms with Crippen molar-refractivity contribution in [2.45, 2.75) is 6.04 Å². The van der Waals surface area contributed by atoms with E-state index in [-0.39, 0.29) is 18.2 Å². The van der Waals surface area contributed by atoms with Crippen molar-refractivity contribution >= 4 is 12.4 Å². The summed E-state index contributed by atoms with van der Waals surface area (Å²) in [5, 5.41) is 8.38. The minimum atomic E-state index is -0.731. The third-order valence-corrected chi connectivity index (χ3v) is 1.35. The van der Waals surface area contributed by atoms with E-state index >= 15 is 0 Å². The van der Waals surface area contributed by atoms with Crippen LogP contribution in [0.1, 0.15) is 11.6 Å². The predicted octanol–water partition coefficient (Wildman–Crippen LogP) is 1.77. The van der Waals surface area contributed by atoms with Gasteiger partial charge in [0.2, 0.25) is 0 Å². The van der Waals surface area contributed by atoms with Gasteiger partial charge in [-0.1, -0.05) is 12.1 Å². The molecule has 0 heterocycles. The van der Waals surface area contributed by atoms with Gasteiger partial charge in [-0.3, -0.25) is 0 Å². The number of rotatable bonds is 1. The van der Waals surface area contributed by atoms with Gasteiger partial charge in [-0.2, -0.15) is 5.26 Å². The van der Waals surface area contributed by atoms with Crippen LogP contribution in [0, 0.1) is 17.1 Å². The van der Waals surface area contributed by atoms with Crippen LogP contribution in [-0.2, 0) is 0 Å². The summed E-state index contributed by atoms with van der Waals surface area (Å²) in [6, 6.07) is 6.81. The summed E-state index contributed by atoms with van der Waals surface area (Å²) < 4.78 is 12.5. The molecular formula is C8H8ClFN2. The molecule has 0 saturated carbocycles. The van der Waals surface area contributed by atoms with Crippen LogP contribution >= 0.6 is 12.4 Å². The van der Waals surface area contributed by atoms with Gasteiger partial charge in [0.15, 0.2) is 0 Å². The predicted molar refractivity (Wildman–Crippen MR) is 46.2 cm³/mol. The van der Waals surface area contributed by atoms with Gasteiger partial charge < -0.3 is 5.73 Å². The monoisotopic (exact) mass is 186 g/mol. The minimum absolute atomic E-state index is 0. The second kappa shape index (κ2) is 4.70. The molecule has 0 saturated heterocycles. The topological polar surface area (TPSA) is 49.8 Å². The van der Waals surface area contributed by atoms with Crippen LogP contribution in [0.3, 0.4) is 0 Å². The first-order valence-corrected chi connectivity index (χ1v) is 3.14. The Balaban J connectivity index is 0.00000121. The molecule has 1 atom stereocenters. The second-order valence-corrected chi connectivity index (χ2v) is 2.16. The third-order valence-electron chi connectivity index (χ3n) is 1.35. The van der Waals surface area contributed by atoms with E-state index in [0.717, 1.165) is 0 Å². The van der Waals surface area contributed by atoms with Gasteiger partial charge >= 0.3 is 0 Å². The molecule has 0 aliphatic carbocycles. The minimum Gasteiger partial charge on any atom is -0.312 e. The maximum absolute atomic E-state index is 12.5. The Labute approximate surface area is 76.2 Å². The Morgan fingerprint density at radius 1 is 1.50 bits per heavy atom. The van der Waals surface area contributed by atoms with E-state index in [1.807, 2.05) is 6.07 Å². The van der Waals surface area contributed by atoms with Gasteiger partial charge in [-0.25, -0.2) is 4.39 Å². The number of hydrogen-bond donors (Lipinski definition) is 1. The van der Waals surface area contributed by atoms with E-state index in [2.05, 4.69) is 0 Å². The van der Waals surface area contributed by atoms with Crippen LogP contribution in [0.5, 0.6) is 0 Å². The normalized spacial score (nSPS) is 11.1. The van der Waals surface area contributed by atoms with E-state index in [9.17, 15) is 4.39 Å². The standard InChI is InChI=1S/C8H7FN2.ClH/c9-7-3-1-2-6(4-7)8(11)5-10;/h1-4,8H,11H2;1H/t8-;/m0./s1. The molecule has 1 aromatic carbocycles. The largest absolute Gasteiger partial charge is 0.312 e. The summed E-state index contributed by atoms with van der Waals surface area (Å²) >= 11 is 0. The first kappa shape index (κ1) is 10.9. The Morgan fingerprint density at radius 2 is 2.17 bits per heavy atom. The first-order chi connectivity index (χ1) is 5.24. The molecule has 1 rings (SSSR count). The van der Waals surface area contributed by atoms with Gasteiger partial charge in [-0.05, 0) is 17.7 Å². The van der Waals surface area contributed by atoms with Crippen molar-refractivity contribution < 1.29 is 4.39 Å². The molecule has 0 aliphatic rings. The highest BCUT2D eigenvalue weighted by atomic mass is 35.5. The lowest BCUT2D eigenvalue weighted by Gasteiger charge is -2.00. The molecule has 2 N–H and O–H groups in total. The summed E-state index contributed by atoms with van der Waals surface area (Å²) in [6.07, 6.45) is 0. The van der Waals surface area contributed by atoms with Crippen molar-refractivity contribution in [3.63, 3.8) is 0 Å². The zero-order chi connectivity index (χ0) is 8.27. The molecule has 2 nitrogen and oxygen atoms in total. The molecule has 4 heteroatoms. The van der Waals surface area contributed by atoms with Gasteiger partial charge in [0.05, 0.1) is 6.07 Å². The van der Waals surface area contributed by atoms with Crippen LogP contribution in [0.2, 0.25) is 0 Å². The van der Waals surface area contributed by atoms with Crippen molar-refractivity contribution in [3.05, 3.63) is 35.6 Å². The van der Waals surface area contributed by atoms with Crippen molar-refractivity contribution in [1.82, 2.24) is 0 Å². The number of hydrogen-bond acceptors (Lipinski definition) is 2. The van der Waals surface area contributed by atoms with Crippen LogP contribution in [0.25, 0.3) is 0 Å². The average molecular weight is 187 g/mol. The van der Waals surface area contributed by atoms with Crippen LogP contribution in [0.4, 0.5) is 4.39 Å². The summed E-state index contributed by atoms with van der Waals surface area (Å²) in [4.78, 5) is 0. The Bertz CT molecular complexity index is 295. The molecule has 0 amide bonds. The molecule has 12 heavy (non-hydrogen) atoms. The fourth-order valence-electron chi connectivity index (χ4n) is 0.775. The lowest BCUT2D eigenvalue weighted by Crippen LogP contribution is -2.06. The maximum Gasteiger partial charge on any atom is 0.123 e. The van der Waals surface area contributed by atoms with Gasteiger partial charge in [0.25, 0.3) is 0 Å². The van der Waals surface area contributed by atoms with Crippen LogP contribution < -0.4 is 5.73 Å². The molecule has 0 fully saturated rings. The number of halogens is 2.